The molecule has 0 bridgehead atoms. The highest BCUT2D eigenvalue weighted by molar-refractivity contribution is 7.92. The molecule has 2 aromatic carbocycles. The van der Waals surface area contributed by atoms with Crippen LogP contribution in [0.1, 0.15) is 11.1 Å². The predicted molar refractivity (Wildman–Crippen MR) is 87.7 cm³/mol. The van der Waals surface area contributed by atoms with Gasteiger partial charge >= 0.3 is 5.97 Å². The zero-order chi connectivity index (χ0) is 17.0. The van der Waals surface area contributed by atoms with Crippen molar-refractivity contribution in [1.82, 2.24) is 0 Å². The monoisotopic (exact) mass is 334 g/mol. The molecule has 0 aliphatic heterocycles. The minimum absolute atomic E-state index is 0.181. The third-order valence-corrected chi connectivity index (χ3v) is 4.90. The smallest absolute Gasteiger partial charge is 0.320 e. The molecular formula is C16H18N2O4S. The van der Waals surface area contributed by atoms with Crippen LogP contribution >= 0.6 is 0 Å². The maximum atomic E-state index is 12.4. The van der Waals surface area contributed by atoms with Crippen molar-refractivity contribution < 1.29 is 18.3 Å². The number of anilines is 1. The summed E-state index contributed by atoms with van der Waals surface area (Å²) >= 11 is 0. The Morgan fingerprint density at radius 2 is 1.78 bits per heavy atom. The molecule has 0 spiro atoms. The van der Waals surface area contributed by atoms with Crippen LogP contribution in [0, 0.1) is 6.92 Å². The molecule has 2 aromatic rings. The summed E-state index contributed by atoms with van der Waals surface area (Å²) in [5, 5.41) is 8.79. The Morgan fingerprint density at radius 3 is 2.35 bits per heavy atom. The third-order valence-electron chi connectivity index (χ3n) is 3.36. The molecule has 0 radical (unpaired) electrons. The van der Waals surface area contributed by atoms with Crippen LogP contribution in [0.3, 0.4) is 0 Å². The van der Waals surface area contributed by atoms with E-state index in [4.69, 9.17) is 10.8 Å². The molecule has 0 heterocycles. The van der Waals surface area contributed by atoms with Gasteiger partial charge in [-0.15, -0.1) is 0 Å². The summed E-state index contributed by atoms with van der Waals surface area (Å²) in [6.45, 7) is 1.73. The topological polar surface area (TPSA) is 109 Å². The number of nitrogens with two attached hydrogens (primary N) is 1. The number of hydrogen-bond acceptors (Lipinski definition) is 4. The second-order valence-electron chi connectivity index (χ2n) is 5.22. The minimum atomic E-state index is -3.66. The molecule has 0 saturated heterocycles. The van der Waals surface area contributed by atoms with Crippen LogP contribution in [-0.2, 0) is 21.2 Å². The summed E-state index contributed by atoms with van der Waals surface area (Å²) in [6, 6.07) is 12.2. The van der Waals surface area contributed by atoms with E-state index in [-0.39, 0.29) is 11.3 Å². The molecule has 0 aliphatic rings. The Kier molecular flexibility index (Phi) is 5.02. The molecular weight excluding hydrogens is 316 g/mol. The van der Waals surface area contributed by atoms with E-state index in [0.717, 1.165) is 5.56 Å². The Bertz CT molecular complexity index is 801. The maximum Gasteiger partial charge on any atom is 0.320 e. The van der Waals surface area contributed by atoms with Gasteiger partial charge in [-0.05, 0) is 42.7 Å². The number of carbonyl (C=O) groups is 1. The fourth-order valence-corrected chi connectivity index (χ4v) is 3.42. The van der Waals surface area contributed by atoms with Crippen molar-refractivity contribution >= 4 is 21.7 Å². The predicted octanol–water partition coefficient (Wildman–Crippen LogP) is 1.75. The number of carboxylic acids is 1. The average molecular weight is 334 g/mol. The van der Waals surface area contributed by atoms with Crippen molar-refractivity contribution in [3.8, 4) is 0 Å². The van der Waals surface area contributed by atoms with Crippen molar-refractivity contribution in [3.05, 3.63) is 59.7 Å². The maximum absolute atomic E-state index is 12.4. The lowest BCUT2D eigenvalue weighted by molar-refractivity contribution is -0.138. The lowest BCUT2D eigenvalue weighted by Crippen LogP contribution is -2.32. The van der Waals surface area contributed by atoms with Gasteiger partial charge in [-0.2, -0.15) is 0 Å². The molecule has 23 heavy (non-hydrogen) atoms. The molecule has 1 atom stereocenters. The molecule has 0 aromatic heterocycles. The Hall–Kier alpha value is -2.38. The van der Waals surface area contributed by atoms with Gasteiger partial charge in [0.1, 0.15) is 6.04 Å². The normalized spacial score (nSPS) is 12.6. The van der Waals surface area contributed by atoms with Crippen molar-refractivity contribution in [1.29, 1.82) is 0 Å². The van der Waals surface area contributed by atoms with Crippen LogP contribution in [0.2, 0.25) is 0 Å². The largest absolute Gasteiger partial charge is 0.480 e. The number of rotatable bonds is 6. The second kappa shape index (κ2) is 6.80. The van der Waals surface area contributed by atoms with E-state index in [1.807, 2.05) is 0 Å². The van der Waals surface area contributed by atoms with Crippen LogP contribution in [0.25, 0.3) is 0 Å². The van der Waals surface area contributed by atoms with E-state index in [9.17, 15) is 13.2 Å². The van der Waals surface area contributed by atoms with E-state index in [0.29, 0.717) is 11.3 Å². The highest BCUT2D eigenvalue weighted by Crippen LogP contribution is 2.19. The number of nitrogens with one attached hydrogen (secondary N) is 1. The fraction of sp³-hybridized carbons (Fsp3) is 0.188. The second-order valence-corrected chi connectivity index (χ2v) is 6.87. The van der Waals surface area contributed by atoms with Gasteiger partial charge in [0.2, 0.25) is 0 Å². The number of benzene rings is 2. The molecule has 0 aliphatic carbocycles. The number of carboxylic acid groups (broad SMARTS) is 1. The highest BCUT2D eigenvalue weighted by atomic mass is 32.2. The van der Waals surface area contributed by atoms with E-state index in [1.165, 1.54) is 6.07 Å². The Morgan fingerprint density at radius 1 is 1.17 bits per heavy atom. The Balaban J connectivity index is 2.15. The number of aryl methyl sites for hydroxylation is 1. The molecule has 122 valence electrons. The quantitative estimate of drug-likeness (QED) is 0.745. The lowest BCUT2D eigenvalue weighted by Gasteiger charge is -2.11. The molecule has 2 rings (SSSR count). The van der Waals surface area contributed by atoms with Gasteiger partial charge in [-0.3, -0.25) is 9.52 Å². The highest BCUT2D eigenvalue weighted by Gasteiger charge is 2.16. The summed E-state index contributed by atoms with van der Waals surface area (Å²) in [7, 11) is -3.66. The zero-order valence-corrected chi connectivity index (χ0v) is 13.4. The SMILES string of the molecule is Cc1ccccc1S(=O)(=O)Nc1ccc(C[C@H](N)C(=O)O)cc1. The summed E-state index contributed by atoms with van der Waals surface area (Å²) in [4.78, 5) is 10.9. The lowest BCUT2D eigenvalue weighted by atomic mass is 10.1. The van der Waals surface area contributed by atoms with E-state index < -0.39 is 22.0 Å². The molecule has 0 fully saturated rings. The molecule has 7 heteroatoms. The van der Waals surface area contributed by atoms with E-state index >= 15 is 0 Å². The van der Waals surface area contributed by atoms with E-state index in [2.05, 4.69) is 4.72 Å². The van der Waals surface area contributed by atoms with Gasteiger partial charge in [-0.25, -0.2) is 8.42 Å². The zero-order valence-electron chi connectivity index (χ0n) is 12.6. The van der Waals surface area contributed by atoms with Crippen LogP contribution in [0.5, 0.6) is 0 Å². The first-order chi connectivity index (χ1) is 10.8. The van der Waals surface area contributed by atoms with Gasteiger partial charge in [0.25, 0.3) is 10.0 Å². The summed E-state index contributed by atoms with van der Waals surface area (Å²) in [6.07, 6.45) is 0.181. The standard InChI is InChI=1S/C16H18N2O4S/c1-11-4-2-3-5-15(11)23(21,22)18-13-8-6-12(7-9-13)10-14(17)16(19)20/h2-9,14,18H,10,17H2,1H3,(H,19,20)/t14-/m0/s1. The first kappa shape index (κ1) is 17.0. The number of sulfonamides is 1. The van der Waals surface area contributed by atoms with Crippen LogP contribution < -0.4 is 10.5 Å². The van der Waals surface area contributed by atoms with E-state index in [1.54, 1.807) is 49.4 Å². The average Bonchev–Trinajstić information content (AvgIpc) is 2.49. The summed E-state index contributed by atoms with van der Waals surface area (Å²) in [5.74, 6) is -1.07. The van der Waals surface area contributed by atoms with Crippen LogP contribution in [0.15, 0.2) is 53.4 Å². The van der Waals surface area contributed by atoms with Gasteiger partial charge in [0.15, 0.2) is 0 Å². The van der Waals surface area contributed by atoms with Crippen molar-refractivity contribution in [2.24, 2.45) is 5.73 Å². The fourth-order valence-electron chi connectivity index (χ4n) is 2.12. The van der Waals surface area contributed by atoms with Crippen molar-refractivity contribution in [3.63, 3.8) is 0 Å². The van der Waals surface area contributed by atoms with Gasteiger partial charge < -0.3 is 10.8 Å². The minimum Gasteiger partial charge on any atom is -0.480 e. The van der Waals surface area contributed by atoms with Crippen LogP contribution in [0.4, 0.5) is 5.69 Å². The number of hydrogen-bond donors (Lipinski definition) is 3. The molecule has 0 unspecified atom stereocenters. The summed E-state index contributed by atoms with van der Waals surface area (Å²) in [5.41, 5.74) is 7.25. The number of aliphatic carboxylic acids is 1. The van der Waals surface area contributed by atoms with Crippen LogP contribution in [-0.4, -0.2) is 25.5 Å². The molecule has 4 N–H and O–H groups in total. The van der Waals surface area contributed by atoms with Gasteiger partial charge in [-0.1, -0.05) is 30.3 Å². The Labute approximate surface area is 135 Å². The third kappa shape index (κ3) is 4.30. The van der Waals surface area contributed by atoms with Crippen molar-refractivity contribution in [2.75, 3.05) is 4.72 Å². The molecule has 0 amide bonds. The summed E-state index contributed by atoms with van der Waals surface area (Å²) < 4.78 is 27.2. The van der Waals surface area contributed by atoms with Gasteiger partial charge in [0, 0.05) is 5.69 Å². The molecule has 6 nitrogen and oxygen atoms in total. The first-order valence-corrected chi connectivity index (χ1v) is 8.44. The van der Waals surface area contributed by atoms with Gasteiger partial charge in [0.05, 0.1) is 4.90 Å². The van der Waals surface area contributed by atoms with Crippen molar-refractivity contribution in [2.45, 2.75) is 24.3 Å². The first-order valence-electron chi connectivity index (χ1n) is 6.95. The molecule has 0 saturated carbocycles.